The number of aromatic nitrogens is 4. The van der Waals surface area contributed by atoms with Gasteiger partial charge >= 0.3 is 0 Å². The molecular formula is C21H17N5O3. The van der Waals surface area contributed by atoms with Crippen LogP contribution in [0.25, 0.3) is 16.8 Å². The van der Waals surface area contributed by atoms with Crippen LogP contribution in [0.2, 0.25) is 0 Å². The molecule has 0 atom stereocenters. The van der Waals surface area contributed by atoms with E-state index in [0.717, 1.165) is 22.3 Å². The highest BCUT2D eigenvalue weighted by Gasteiger charge is 2.16. The summed E-state index contributed by atoms with van der Waals surface area (Å²) >= 11 is 0. The predicted molar refractivity (Wildman–Crippen MR) is 105 cm³/mol. The van der Waals surface area contributed by atoms with Gasteiger partial charge < -0.3 is 14.8 Å². The summed E-state index contributed by atoms with van der Waals surface area (Å²) in [6, 6.07) is 15.3. The molecule has 1 amide bonds. The number of carbonyl (C=O) groups excluding carboxylic acids is 1. The molecular weight excluding hydrogens is 370 g/mol. The lowest BCUT2D eigenvalue weighted by Gasteiger charge is -2.09. The van der Waals surface area contributed by atoms with Gasteiger partial charge in [-0.2, -0.15) is 9.61 Å². The highest BCUT2D eigenvalue weighted by Crippen LogP contribution is 2.32. The molecule has 0 fully saturated rings. The maximum atomic E-state index is 12.8. The quantitative estimate of drug-likeness (QED) is 0.579. The van der Waals surface area contributed by atoms with Crippen LogP contribution in [0.1, 0.15) is 21.6 Å². The van der Waals surface area contributed by atoms with Gasteiger partial charge in [-0.05, 0) is 36.2 Å². The summed E-state index contributed by atoms with van der Waals surface area (Å²) in [5.74, 6) is 1.11. The van der Waals surface area contributed by atoms with Crippen LogP contribution >= 0.6 is 0 Å². The van der Waals surface area contributed by atoms with Gasteiger partial charge in [0.1, 0.15) is 12.0 Å². The van der Waals surface area contributed by atoms with E-state index in [1.807, 2.05) is 49.4 Å². The Labute approximate surface area is 166 Å². The van der Waals surface area contributed by atoms with Crippen LogP contribution in [0.15, 0.2) is 54.9 Å². The van der Waals surface area contributed by atoms with Crippen molar-refractivity contribution in [2.24, 2.45) is 0 Å². The molecule has 144 valence electrons. The molecule has 5 rings (SSSR count). The molecule has 0 saturated carbocycles. The normalized spacial score (nSPS) is 12.3. The summed E-state index contributed by atoms with van der Waals surface area (Å²) in [6.07, 6.45) is 1.49. The zero-order chi connectivity index (χ0) is 19.8. The van der Waals surface area contributed by atoms with E-state index in [9.17, 15) is 4.79 Å². The number of hydrogen-bond donors (Lipinski definition) is 1. The molecule has 2 aromatic carbocycles. The fourth-order valence-electron chi connectivity index (χ4n) is 3.21. The molecule has 1 N–H and O–H groups in total. The smallest absolute Gasteiger partial charge is 0.272 e. The summed E-state index contributed by atoms with van der Waals surface area (Å²) in [4.78, 5) is 12.8. The van der Waals surface area contributed by atoms with Crippen LogP contribution in [-0.2, 0) is 6.54 Å². The summed E-state index contributed by atoms with van der Waals surface area (Å²) in [6.45, 7) is 2.59. The van der Waals surface area contributed by atoms with E-state index in [0.29, 0.717) is 23.7 Å². The van der Waals surface area contributed by atoms with Crippen LogP contribution in [0.3, 0.4) is 0 Å². The third-order valence-electron chi connectivity index (χ3n) is 4.75. The minimum absolute atomic E-state index is 0.218. The molecule has 1 aliphatic heterocycles. The first-order valence-corrected chi connectivity index (χ1v) is 9.12. The van der Waals surface area contributed by atoms with Crippen molar-refractivity contribution in [3.05, 3.63) is 71.7 Å². The van der Waals surface area contributed by atoms with Crippen molar-refractivity contribution < 1.29 is 14.3 Å². The summed E-state index contributed by atoms with van der Waals surface area (Å²) < 4.78 is 12.2. The van der Waals surface area contributed by atoms with Gasteiger partial charge in [0.2, 0.25) is 6.79 Å². The molecule has 8 heteroatoms. The molecule has 8 nitrogen and oxygen atoms in total. The minimum atomic E-state index is -0.286. The molecule has 0 bridgehead atoms. The predicted octanol–water partition coefficient (Wildman–Crippen LogP) is 2.76. The van der Waals surface area contributed by atoms with Crippen molar-refractivity contribution in [3.63, 3.8) is 0 Å². The van der Waals surface area contributed by atoms with Crippen molar-refractivity contribution in [2.75, 3.05) is 6.79 Å². The second-order valence-electron chi connectivity index (χ2n) is 6.78. The Balaban J connectivity index is 1.42. The Bertz CT molecular complexity index is 1220. The second kappa shape index (κ2) is 6.90. The maximum absolute atomic E-state index is 12.8. The first kappa shape index (κ1) is 17.2. The van der Waals surface area contributed by atoms with Crippen molar-refractivity contribution in [2.45, 2.75) is 13.5 Å². The first-order chi connectivity index (χ1) is 14.2. The zero-order valence-electron chi connectivity index (χ0n) is 15.6. The topological polar surface area (TPSA) is 90.6 Å². The number of rotatable bonds is 4. The second-order valence-corrected chi connectivity index (χ2v) is 6.78. The van der Waals surface area contributed by atoms with Gasteiger partial charge in [0.05, 0.1) is 0 Å². The number of nitrogens with one attached hydrogen (secondary N) is 1. The van der Waals surface area contributed by atoms with E-state index < -0.39 is 0 Å². The fourth-order valence-corrected chi connectivity index (χ4v) is 3.21. The summed E-state index contributed by atoms with van der Waals surface area (Å²) in [5, 5.41) is 15.3. The largest absolute Gasteiger partial charge is 0.454 e. The molecule has 0 unspecified atom stereocenters. The minimum Gasteiger partial charge on any atom is -0.454 e. The number of hydrogen-bond acceptors (Lipinski definition) is 6. The van der Waals surface area contributed by atoms with Crippen molar-refractivity contribution >= 4 is 11.6 Å². The average molecular weight is 387 g/mol. The molecule has 0 saturated heterocycles. The van der Waals surface area contributed by atoms with Gasteiger partial charge in [-0.15, -0.1) is 10.2 Å². The van der Waals surface area contributed by atoms with Crippen LogP contribution in [0, 0.1) is 6.92 Å². The van der Waals surface area contributed by atoms with Gasteiger partial charge in [0, 0.05) is 12.1 Å². The molecule has 0 spiro atoms. The Hall–Kier alpha value is -3.94. The third-order valence-corrected chi connectivity index (χ3v) is 4.75. The molecule has 1 aliphatic rings. The van der Waals surface area contributed by atoms with E-state index in [1.54, 1.807) is 6.07 Å². The van der Waals surface area contributed by atoms with E-state index in [2.05, 4.69) is 20.6 Å². The van der Waals surface area contributed by atoms with Crippen LogP contribution in [-0.4, -0.2) is 32.5 Å². The maximum Gasteiger partial charge on any atom is 0.272 e. The van der Waals surface area contributed by atoms with Crippen molar-refractivity contribution in [1.29, 1.82) is 0 Å². The number of fused-ring (bicyclic) bond motifs is 2. The molecule has 0 aliphatic carbocycles. The van der Waals surface area contributed by atoms with E-state index >= 15 is 0 Å². The highest BCUT2D eigenvalue weighted by molar-refractivity contribution is 5.94. The molecule has 4 aromatic rings. The van der Waals surface area contributed by atoms with Gasteiger partial charge in [0.15, 0.2) is 17.1 Å². The molecule has 2 aromatic heterocycles. The lowest BCUT2D eigenvalue weighted by atomic mass is 10.0. The van der Waals surface area contributed by atoms with E-state index in [4.69, 9.17) is 9.47 Å². The lowest BCUT2D eigenvalue weighted by molar-refractivity contribution is 0.0944. The molecule has 3 heterocycles. The Morgan fingerprint density at radius 3 is 2.79 bits per heavy atom. The SMILES string of the molecule is Cc1ccc(-c2cc(C(=O)NCc3ccc4c(c3)OCO4)nn3cnnc23)cc1. The van der Waals surface area contributed by atoms with Crippen molar-refractivity contribution in [3.8, 4) is 22.6 Å². The monoisotopic (exact) mass is 387 g/mol. The highest BCUT2D eigenvalue weighted by atomic mass is 16.7. The first-order valence-electron chi connectivity index (χ1n) is 9.12. The van der Waals surface area contributed by atoms with Crippen LogP contribution < -0.4 is 14.8 Å². The summed E-state index contributed by atoms with van der Waals surface area (Å²) in [7, 11) is 0. The van der Waals surface area contributed by atoms with Crippen molar-refractivity contribution in [1.82, 2.24) is 25.1 Å². The number of amides is 1. The van der Waals surface area contributed by atoms with Gasteiger partial charge in [-0.25, -0.2) is 0 Å². The third kappa shape index (κ3) is 3.25. The number of nitrogens with zero attached hydrogens (tertiary/aromatic N) is 4. The number of benzene rings is 2. The van der Waals surface area contributed by atoms with Gasteiger partial charge in [-0.3, -0.25) is 4.79 Å². The van der Waals surface area contributed by atoms with Gasteiger partial charge in [0.25, 0.3) is 5.91 Å². The molecule has 29 heavy (non-hydrogen) atoms. The average Bonchev–Trinajstić information content (AvgIpc) is 3.40. The molecule has 0 radical (unpaired) electrons. The number of aryl methyl sites for hydroxylation is 1. The Morgan fingerprint density at radius 2 is 1.93 bits per heavy atom. The standard InChI is InChI=1S/C21H17N5O3/c1-13-2-5-15(6-3-13)16-9-17(25-26-11-23-24-20(16)26)21(27)22-10-14-4-7-18-19(8-14)29-12-28-18/h2-9,11H,10,12H2,1H3,(H,22,27). The van der Waals surface area contributed by atoms with Gasteiger partial charge in [-0.1, -0.05) is 35.9 Å². The summed E-state index contributed by atoms with van der Waals surface area (Å²) in [5.41, 5.74) is 4.69. The number of ether oxygens (including phenoxy) is 2. The Kier molecular flexibility index (Phi) is 4.09. The van der Waals surface area contributed by atoms with E-state index in [-0.39, 0.29) is 18.4 Å². The fraction of sp³-hybridized carbons (Fsp3) is 0.143. The number of carbonyl (C=O) groups is 1. The van der Waals surface area contributed by atoms with Crippen LogP contribution in [0.5, 0.6) is 11.5 Å². The van der Waals surface area contributed by atoms with Crippen LogP contribution in [0.4, 0.5) is 0 Å². The zero-order valence-corrected chi connectivity index (χ0v) is 15.6. The van der Waals surface area contributed by atoms with E-state index in [1.165, 1.54) is 10.8 Å². The Morgan fingerprint density at radius 1 is 1.10 bits per heavy atom. The lowest BCUT2D eigenvalue weighted by Crippen LogP contribution is -2.24.